The number of alkyl halides is 3. The average molecular weight is 440 g/mol. The van der Waals surface area contributed by atoms with Crippen LogP contribution in [-0.4, -0.2) is 35.0 Å². The number of rotatable bonds is 6. The van der Waals surface area contributed by atoms with Gasteiger partial charge < -0.3 is 10.4 Å². The first kappa shape index (κ1) is 22.0. The van der Waals surface area contributed by atoms with Gasteiger partial charge in [0.25, 0.3) is 0 Å². The van der Waals surface area contributed by atoms with E-state index in [0.29, 0.717) is 0 Å². The Hall–Kier alpha value is -2.27. The molecule has 0 aliphatic heterocycles. The predicted octanol–water partition coefficient (Wildman–Crippen LogP) is 3.39. The van der Waals surface area contributed by atoms with E-state index in [-0.39, 0.29) is 40.7 Å². The zero-order valence-corrected chi connectivity index (χ0v) is 16.4. The summed E-state index contributed by atoms with van der Waals surface area (Å²) in [4.78, 5) is 12.0. The van der Waals surface area contributed by atoms with Crippen LogP contribution >= 0.6 is 11.6 Å². The molecule has 2 rings (SSSR count). The number of carbonyl (C=O) groups is 1. The smallest absolute Gasteiger partial charge is 0.436 e. The number of aryl methyl sites for hydroxylation is 1. The number of phenolic OH excluding ortho intramolecular Hbond substituents is 1. The third kappa shape index (κ3) is 4.76. The molecule has 0 spiro atoms. The normalized spacial score (nSPS) is 12.2. The number of benzene rings is 1. The number of sulfone groups is 1. The van der Waals surface area contributed by atoms with Gasteiger partial charge in [-0.2, -0.15) is 18.3 Å². The molecule has 28 heavy (non-hydrogen) atoms. The number of nitrogens with one attached hydrogen (secondary N) is 1. The predicted molar refractivity (Wildman–Crippen MR) is 96.1 cm³/mol. The summed E-state index contributed by atoms with van der Waals surface area (Å²) in [7, 11) is -3.55. The number of carbonyl (C=O) groups excluding carboxylic acids is 1. The summed E-state index contributed by atoms with van der Waals surface area (Å²) < 4.78 is 63.2. The highest BCUT2D eigenvalue weighted by Gasteiger charge is 2.38. The topological polar surface area (TPSA) is 101 Å². The number of nitrogens with zero attached hydrogens (tertiary/aromatic N) is 2. The van der Waals surface area contributed by atoms with Crippen LogP contribution < -0.4 is 5.32 Å². The molecule has 0 bridgehead atoms. The Morgan fingerprint density at radius 2 is 2.00 bits per heavy atom. The summed E-state index contributed by atoms with van der Waals surface area (Å²) in [5.41, 5.74) is -1.30. The van der Waals surface area contributed by atoms with Crippen molar-refractivity contribution in [3.8, 4) is 5.75 Å². The van der Waals surface area contributed by atoms with Crippen molar-refractivity contribution in [3.05, 3.63) is 34.6 Å². The minimum Gasteiger partial charge on any atom is -0.506 e. The van der Waals surface area contributed by atoms with E-state index in [1.165, 1.54) is 19.9 Å². The second-order valence-electron chi connectivity index (χ2n) is 5.85. The molecule has 0 saturated heterocycles. The Kier molecular flexibility index (Phi) is 6.29. The van der Waals surface area contributed by atoms with Crippen LogP contribution in [0.4, 0.5) is 18.9 Å². The van der Waals surface area contributed by atoms with Gasteiger partial charge in [-0.15, -0.1) is 0 Å². The van der Waals surface area contributed by atoms with Gasteiger partial charge >= 0.3 is 6.18 Å². The number of anilines is 1. The lowest BCUT2D eigenvalue weighted by atomic mass is 10.2. The molecular weight excluding hydrogens is 423 g/mol. The summed E-state index contributed by atoms with van der Waals surface area (Å²) in [5, 5.41) is 15.0. The molecule has 7 nitrogen and oxygen atoms in total. The number of hydrogen-bond acceptors (Lipinski definition) is 5. The molecule has 12 heteroatoms. The average Bonchev–Trinajstić information content (AvgIpc) is 2.90. The fourth-order valence-corrected chi connectivity index (χ4v) is 3.47. The van der Waals surface area contributed by atoms with E-state index < -0.39 is 32.6 Å². The van der Waals surface area contributed by atoms with E-state index in [1.807, 2.05) is 0 Å². The highest BCUT2D eigenvalue weighted by atomic mass is 35.5. The van der Waals surface area contributed by atoms with E-state index >= 15 is 0 Å². The van der Waals surface area contributed by atoms with Crippen molar-refractivity contribution in [1.82, 2.24) is 9.78 Å². The number of amides is 1. The maximum atomic E-state index is 12.8. The number of aromatic nitrogens is 2. The summed E-state index contributed by atoms with van der Waals surface area (Å²) in [6.07, 6.45) is -4.99. The van der Waals surface area contributed by atoms with Crippen LogP contribution in [0.15, 0.2) is 23.1 Å². The molecule has 154 valence electrons. The molecule has 0 atom stereocenters. The minimum atomic E-state index is -4.72. The van der Waals surface area contributed by atoms with Gasteiger partial charge in [0.1, 0.15) is 5.75 Å². The minimum absolute atomic E-state index is 0.0562. The first-order valence-electron chi connectivity index (χ1n) is 8.02. The van der Waals surface area contributed by atoms with Crippen molar-refractivity contribution in [2.75, 3.05) is 11.1 Å². The molecule has 1 heterocycles. The van der Waals surface area contributed by atoms with Gasteiger partial charge in [-0.25, -0.2) is 8.42 Å². The van der Waals surface area contributed by atoms with Crippen molar-refractivity contribution in [1.29, 1.82) is 0 Å². The summed E-state index contributed by atoms with van der Waals surface area (Å²) >= 11 is 5.64. The molecule has 0 fully saturated rings. The molecule has 2 aromatic rings. The molecular formula is C16H17ClF3N3O4S. The molecule has 0 unspecified atom stereocenters. The van der Waals surface area contributed by atoms with Crippen molar-refractivity contribution in [2.45, 2.75) is 37.9 Å². The zero-order chi connectivity index (χ0) is 21.3. The summed E-state index contributed by atoms with van der Waals surface area (Å²) in [5.74, 6) is -1.16. The van der Waals surface area contributed by atoms with Crippen LogP contribution in [0.5, 0.6) is 5.75 Å². The van der Waals surface area contributed by atoms with Crippen LogP contribution in [0.25, 0.3) is 0 Å². The Morgan fingerprint density at radius 3 is 2.54 bits per heavy atom. The third-order valence-corrected chi connectivity index (χ3v) is 6.12. The Balaban J connectivity index is 2.13. The lowest BCUT2D eigenvalue weighted by Crippen LogP contribution is -2.16. The zero-order valence-electron chi connectivity index (χ0n) is 14.8. The molecule has 2 N–H and O–H groups in total. The summed E-state index contributed by atoms with van der Waals surface area (Å²) in [6.45, 7) is 2.60. The van der Waals surface area contributed by atoms with E-state index in [1.54, 1.807) is 0 Å². The van der Waals surface area contributed by atoms with E-state index in [4.69, 9.17) is 11.6 Å². The van der Waals surface area contributed by atoms with Crippen LogP contribution in [0.1, 0.15) is 24.7 Å². The quantitative estimate of drug-likeness (QED) is 0.672. The molecule has 1 aromatic heterocycles. The lowest BCUT2D eigenvalue weighted by Gasteiger charge is -2.10. The molecule has 0 aliphatic carbocycles. The number of hydrogen-bond donors (Lipinski definition) is 2. The third-order valence-electron chi connectivity index (χ3n) is 3.93. The molecule has 1 aromatic carbocycles. The summed E-state index contributed by atoms with van der Waals surface area (Å²) in [6, 6.07) is 3.45. The second-order valence-corrected chi connectivity index (χ2v) is 8.51. The number of phenols is 1. The first-order chi connectivity index (χ1) is 12.9. The molecule has 1 amide bonds. The van der Waals surface area contributed by atoms with Gasteiger partial charge in [-0.1, -0.05) is 18.5 Å². The Bertz CT molecular complexity index is 1000. The number of halogens is 4. The van der Waals surface area contributed by atoms with Crippen LogP contribution in [0.2, 0.25) is 5.02 Å². The van der Waals surface area contributed by atoms with Gasteiger partial charge in [-0.3, -0.25) is 9.48 Å². The first-order valence-corrected chi connectivity index (χ1v) is 10.1. The van der Waals surface area contributed by atoms with Gasteiger partial charge in [-0.05, 0) is 25.1 Å². The number of aromatic hydroxyl groups is 1. The van der Waals surface area contributed by atoms with E-state index in [0.717, 1.165) is 16.8 Å². The van der Waals surface area contributed by atoms with E-state index in [2.05, 4.69) is 10.4 Å². The monoisotopic (exact) mass is 439 g/mol. The lowest BCUT2D eigenvalue weighted by molar-refractivity contribution is -0.141. The second kappa shape index (κ2) is 8.00. The van der Waals surface area contributed by atoms with Gasteiger partial charge in [0, 0.05) is 6.42 Å². The molecule has 0 radical (unpaired) electrons. The maximum absolute atomic E-state index is 12.8. The van der Waals surface area contributed by atoms with Gasteiger partial charge in [0.2, 0.25) is 5.91 Å². The van der Waals surface area contributed by atoms with E-state index in [9.17, 15) is 31.5 Å². The van der Waals surface area contributed by atoms with Crippen molar-refractivity contribution in [3.63, 3.8) is 0 Å². The standard InChI is InChI=1S/C16H17ClF3N3O4S/c1-3-28(26,27)10-4-5-12(24)11(8-10)21-13(25)6-7-23-9(2)14(17)15(22-23)16(18,19)20/h4-5,8,24H,3,6-7H2,1-2H3,(H,21,25). The largest absolute Gasteiger partial charge is 0.506 e. The van der Waals surface area contributed by atoms with Gasteiger partial charge in [0.05, 0.1) is 33.6 Å². The van der Waals surface area contributed by atoms with Crippen LogP contribution in [-0.2, 0) is 27.4 Å². The van der Waals surface area contributed by atoms with Crippen LogP contribution in [0.3, 0.4) is 0 Å². The fourth-order valence-electron chi connectivity index (χ4n) is 2.32. The van der Waals surface area contributed by atoms with Crippen molar-refractivity contribution < 1.29 is 31.5 Å². The van der Waals surface area contributed by atoms with Crippen LogP contribution in [0, 0.1) is 6.92 Å². The Morgan fingerprint density at radius 1 is 1.36 bits per heavy atom. The maximum Gasteiger partial charge on any atom is 0.436 e. The Labute approximate surface area is 164 Å². The fraction of sp³-hybridized carbons (Fsp3) is 0.375. The van der Waals surface area contributed by atoms with Crippen molar-refractivity contribution >= 4 is 33.0 Å². The molecule has 0 aliphatic rings. The van der Waals surface area contributed by atoms with Gasteiger partial charge in [0.15, 0.2) is 15.5 Å². The highest BCUT2D eigenvalue weighted by molar-refractivity contribution is 7.91. The molecule has 0 saturated carbocycles. The van der Waals surface area contributed by atoms with Crippen molar-refractivity contribution in [2.24, 2.45) is 0 Å². The SMILES string of the molecule is CCS(=O)(=O)c1ccc(O)c(NC(=O)CCn2nc(C(F)(F)F)c(Cl)c2C)c1. The highest BCUT2D eigenvalue weighted by Crippen LogP contribution is 2.35.